The predicted molar refractivity (Wildman–Crippen MR) is 140 cm³/mol. The van der Waals surface area contributed by atoms with Crippen molar-refractivity contribution in [1.29, 1.82) is 0 Å². The third kappa shape index (κ3) is 3.69. The highest BCUT2D eigenvalue weighted by Gasteiger charge is 2.45. The van der Waals surface area contributed by atoms with Crippen LogP contribution in [0.15, 0.2) is 88.1 Å². The van der Waals surface area contributed by atoms with Crippen LogP contribution in [0.4, 0.5) is 5.13 Å². The second-order valence-electron chi connectivity index (χ2n) is 8.73. The summed E-state index contributed by atoms with van der Waals surface area (Å²) in [5.41, 5.74) is 3.23. The van der Waals surface area contributed by atoms with Gasteiger partial charge in [0.1, 0.15) is 17.9 Å². The maximum Gasteiger partial charge on any atom is 0.297 e. The molecule has 178 valence electrons. The average molecular weight is 495 g/mol. The molecule has 6 nitrogen and oxygen atoms in total. The fraction of sp³-hybridized carbons (Fsp3) is 0.138. The van der Waals surface area contributed by atoms with Gasteiger partial charge in [0.15, 0.2) is 10.6 Å². The van der Waals surface area contributed by atoms with Crippen LogP contribution in [0.5, 0.6) is 5.75 Å². The number of carbonyl (C=O) groups excluding carboxylic acids is 1. The molecule has 3 aromatic carbocycles. The normalized spacial score (nSPS) is 14.9. The Hall–Kier alpha value is -4.23. The van der Waals surface area contributed by atoms with E-state index in [1.54, 1.807) is 29.2 Å². The van der Waals surface area contributed by atoms with Gasteiger partial charge in [-0.05, 0) is 49.2 Å². The van der Waals surface area contributed by atoms with E-state index in [0.29, 0.717) is 34.0 Å². The Bertz CT molecular complexity index is 1640. The monoisotopic (exact) mass is 494 g/mol. The first kappa shape index (κ1) is 22.2. The molecule has 0 radical (unpaired) electrons. The number of hydrogen-bond donors (Lipinski definition) is 0. The van der Waals surface area contributed by atoms with Gasteiger partial charge in [-0.1, -0.05) is 54.6 Å². The van der Waals surface area contributed by atoms with Crippen molar-refractivity contribution in [2.75, 3.05) is 4.90 Å². The molecule has 1 aliphatic rings. The van der Waals surface area contributed by atoms with E-state index in [-0.39, 0.29) is 17.1 Å². The van der Waals surface area contributed by atoms with Crippen molar-refractivity contribution in [2.24, 2.45) is 0 Å². The summed E-state index contributed by atoms with van der Waals surface area (Å²) >= 11 is 1.43. The van der Waals surface area contributed by atoms with Gasteiger partial charge in [0.25, 0.3) is 5.91 Å². The number of amides is 1. The summed E-state index contributed by atoms with van der Waals surface area (Å²) in [6.07, 6.45) is 0. The van der Waals surface area contributed by atoms with Gasteiger partial charge in [0.05, 0.1) is 22.7 Å². The van der Waals surface area contributed by atoms with Crippen molar-refractivity contribution in [3.63, 3.8) is 0 Å². The molecule has 0 fully saturated rings. The van der Waals surface area contributed by atoms with E-state index in [2.05, 4.69) is 4.98 Å². The van der Waals surface area contributed by atoms with Gasteiger partial charge >= 0.3 is 0 Å². The number of benzene rings is 3. The van der Waals surface area contributed by atoms with Crippen molar-refractivity contribution in [1.82, 2.24) is 4.98 Å². The molecule has 0 saturated carbocycles. The molecule has 5 aromatic rings. The lowest BCUT2D eigenvalue weighted by Crippen LogP contribution is -2.29. The number of ether oxygens (including phenoxy) is 1. The summed E-state index contributed by atoms with van der Waals surface area (Å²) in [4.78, 5) is 34.5. The van der Waals surface area contributed by atoms with Crippen LogP contribution in [0.3, 0.4) is 0 Å². The summed E-state index contributed by atoms with van der Waals surface area (Å²) in [7, 11) is 0. The molecular formula is C29H22N2O4S. The molecule has 0 spiro atoms. The zero-order valence-corrected chi connectivity index (χ0v) is 20.5. The number of para-hydroxylation sites is 1. The number of nitrogens with zero attached hydrogens (tertiary/aromatic N) is 2. The SMILES string of the molecule is Cc1nc(N2C(=O)c3oc4ccccc4c(=O)c3[C@@H]2c2ccc(OCc3ccccc3)cc2)sc1C. The lowest BCUT2D eigenvalue weighted by atomic mass is 9.98. The molecule has 0 N–H and O–H groups in total. The average Bonchev–Trinajstić information content (AvgIpc) is 3.39. The van der Waals surface area contributed by atoms with Crippen LogP contribution in [-0.2, 0) is 6.61 Å². The van der Waals surface area contributed by atoms with Gasteiger partial charge in [-0.15, -0.1) is 11.3 Å². The summed E-state index contributed by atoms with van der Waals surface area (Å²) in [6.45, 7) is 4.33. The molecular weight excluding hydrogens is 472 g/mol. The lowest BCUT2D eigenvalue weighted by molar-refractivity contribution is 0.0971. The molecule has 36 heavy (non-hydrogen) atoms. The summed E-state index contributed by atoms with van der Waals surface area (Å²) < 4.78 is 12.0. The van der Waals surface area contributed by atoms with Crippen LogP contribution in [0.2, 0.25) is 0 Å². The van der Waals surface area contributed by atoms with E-state index in [9.17, 15) is 9.59 Å². The molecule has 7 heteroatoms. The highest BCUT2D eigenvalue weighted by atomic mass is 32.1. The Kier molecular flexibility index (Phi) is 5.42. The van der Waals surface area contributed by atoms with Crippen molar-refractivity contribution in [3.8, 4) is 5.75 Å². The maximum absolute atomic E-state index is 13.7. The summed E-state index contributed by atoms with van der Waals surface area (Å²) in [5.74, 6) is 0.403. The van der Waals surface area contributed by atoms with Gasteiger partial charge in [-0.3, -0.25) is 14.5 Å². The number of rotatable bonds is 5. The van der Waals surface area contributed by atoms with Crippen LogP contribution in [0.1, 0.15) is 43.9 Å². The Morgan fingerprint density at radius 1 is 0.944 bits per heavy atom. The molecule has 0 aliphatic carbocycles. The Labute approximate surface area is 211 Å². The van der Waals surface area contributed by atoms with E-state index in [4.69, 9.17) is 9.15 Å². The standard InChI is InChI=1S/C29H22N2O4S/c1-17-18(2)36-29(30-17)31-25(20-12-14-21(15-13-20)34-16-19-8-4-3-5-9-19)24-26(32)22-10-6-7-11-23(22)35-27(24)28(31)33/h3-15,25H,16H2,1-2H3/t25-/m0/s1. The highest BCUT2D eigenvalue weighted by Crippen LogP contribution is 2.43. The number of fused-ring (bicyclic) bond motifs is 2. The van der Waals surface area contributed by atoms with Crippen LogP contribution in [-0.4, -0.2) is 10.9 Å². The number of hydrogen-bond acceptors (Lipinski definition) is 6. The molecule has 2 aromatic heterocycles. The zero-order valence-electron chi connectivity index (χ0n) is 19.7. The fourth-order valence-corrected chi connectivity index (χ4v) is 5.41. The quantitative estimate of drug-likeness (QED) is 0.291. The third-order valence-electron chi connectivity index (χ3n) is 6.45. The molecule has 6 rings (SSSR count). The molecule has 3 heterocycles. The second-order valence-corrected chi connectivity index (χ2v) is 9.91. The maximum atomic E-state index is 13.7. The van der Waals surface area contributed by atoms with Crippen molar-refractivity contribution in [3.05, 3.63) is 122 Å². The van der Waals surface area contributed by atoms with Gasteiger partial charge in [0, 0.05) is 4.88 Å². The highest BCUT2D eigenvalue weighted by molar-refractivity contribution is 7.15. The lowest BCUT2D eigenvalue weighted by Gasteiger charge is -2.22. The van der Waals surface area contributed by atoms with E-state index in [0.717, 1.165) is 21.7 Å². The Morgan fingerprint density at radius 2 is 1.67 bits per heavy atom. The summed E-state index contributed by atoms with van der Waals surface area (Å²) in [5, 5.41) is 0.990. The van der Waals surface area contributed by atoms with Gasteiger partial charge in [-0.25, -0.2) is 4.98 Å². The first-order valence-electron chi connectivity index (χ1n) is 11.6. The topological polar surface area (TPSA) is 72.6 Å². The smallest absolute Gasteiger partial charge is 0.297 e. The summed E-state index contributed by atoms with van der Waals surface area (Å²) in [6, 6.07) is 23.8. The van der Waals surface area contributed by atoms with E-state index in [1.807, 2.05) is 68.4 Å². The van der Waals surface area contributed by atoms with E-state index in [1.165, 1.54) is 11.3 Å². The number of anilines is 1. The van der Waals surface area contributed by atoms with Crippen LogP contribution < -0.4 is 15.1 Å². The zero-order chi connectivity index (χ0) is 24.8. The van der Waals surface area contributed by atoms with Crippen molar-refractivity contribution in [2.45, 2.75) is 26.5 Å². The van der Waals surface area contributed by atoms with Crippen LogP contribution >= 0.6 is 11.3 Å². The third-order valence-corrected chi connectivity index (χ3v) is 7.52. The molecule has 0 unspecified atom stereocenters. The number of carbonyl (C=O) groups is 1. The van der Waals surface area contributed by atoms with Crippen molar-refractivity contribution < 1.29 is 13.9 Å². The number of aromatic nitrogens is 1. The molecule has 1 aliphatic heterocycles. The minimum Gasteiger partial charge on any atom is -0.489 e. The molecule has 1 atom stereocenters. The predicted octanol–water partition coefficient (Wildman–Crippen LogP) is 6.20. The molecule has 1 amide bonds. The number of thiazole rings is 1. The van der Waals surface area contributed by atoms with Crippen LogP contribution in [0.25, 0.3) is 11.0 Å². The van der Waals surface area contributed by atoms with Gasteiger partial charge < -0.3 is 9.15 Å². The minimum absolute atomic E-state index is 0.0682. The van der Waals surface area contributed by atoms with Gasteiger partial charge in [-0.2, -0.15) is 0 Å². The Balaban J connectivity index is 1.44. The molecule has 0 bridgehead atoms. The van der Waals surface area contributed by atoms with Crippen LogP contribution in [0, 0.1) is 13.8 Å². The first-order valence-corrected chi connectivity index (χ1v) is 12.4. The largest absolute Gasteiger partial charge is 0.489 e. The fourth-order valence-electron chi connectivity index (χ4n) is 4.48. The van der Waals surface area contributed by atoms with Crippen molar-refractivity contribution >= 4 is 33.3 Å². The first-order chi connectivity index (χ1) is 17.5. The van der Waals surface area contributed by atoms with E-state index < -0.39 is 6.04 Å². The Morgan fingerprint density at radius 3 is 2.39 bits per heavy atom. The molecule has 0 saturated heterocycles. The number of aryl methyl sites for hydroxylation is 2. The van der Waals surface area contributed by atoms with E-state index >= 15 is 0 Å². The minimum atomic E-state index is -0.651. The van der Waals surface area contributed by atoms with Gasteiger partial charge in [0.2, 0.25) is 5.76 Å². The second kappa shape index (κ2) is 8.77.